The molecule has 8 heteroatoms. The molecule has 0 heterocycles. The molecule has 0 aliphatic rings. The summed E-state index contributed by atoms with van der Waals surface area (Å²) in [5.74, 6) is -0.320. The summed E-state index contributed by atoms with van der Waals surface area (Å²) in [7, 11) is -2.28. The number of hydrogen-bond acceptors (Lipinski definition) is 3. The Labute approximate surface area is 93.9 Å². The molecular weight excluding hydrogens is 245 g/mol. The Morgan fingerprint density at radius 3 is 2.25 bits per heavy atom. The van der Waals surface area contributed by atoms with Gasteiger partial charge in [-0.15, -0.1) is 0 Å². The molecule has 0 aliphatic heterocycles. The van der Waals surface area contributed by atoms with Gasteiger partial charge in [0.15, 0.2) is 0 Å². The van der Waals surface area contributed by atoms with E-state index in [1.165, 1.54) is 0 Å². The summed E-state index contributed by atoms with van der Waals surface area (Å²) < 4.78 is 60.1. The molecule has 0 amide bonds. The van der Waals surface area contributed by atoms with E-state index >= 15 is 0 Å². The van der Waals surface area contributed by atoms with E-state index in [0.717, 1.165) is 0 Å². The molecule has 0 saturated heterocycles. The van der Waals surface area contributed by atoms with Crippen molar-refractivity contribution >= 4 is 10.0 Å². The largest absolute Gasteiger partial charge is 0.402 e. The summed E-state index contributed by atoms with van der Waals surface area (Å²) in [6.45, 7) is 0.260. The molecule has 0 rings (SSSR count). The minimum atomic E-state index is -4.50. The van der Waals surface area contributed by atoms with Crippen LogP contribution in [0.1, 0.15) is 13.3 Å². The Balaban J connectivity index is 4.63. The van der Waals surface area contributed by atoms with E-state index in [9.17, 15) is 21.6 Å². The maximum Gasteiger partial charge on any atom is 0.402 e. The van der Waals surface area contributed by atoms with Gasteiger partial charge in [0, 0.05) is 13.1 Å². The van der Waals surface area contributed by atoms with E-state index in [0.29, 0.717) is 10.7 Å². The van der Waals surface area contributed by atoms with E-state index in [-0.39, 0.29) is 18.8 Å². The topological polar surface area (TPSA) is 49.4 Å². The van der Waals surface area contributed by atoms with Crippen molar-refractivity contribution in [3.8, 4) is 0 Å². The molecule has 0 aromatic rings. The maximum absolute atomic E-state index is 12.2. The normalized spacial score (nSPS) is 13.4. The summed E-state index contributed by atoms with van der Waals surface area (Å²) in [5, 5.41) is 2.60. The lowest BCUT2D eigenvalue weighted by Crippen LogP contribution is -2.42. The fourth-order valence-corrected chi connectivity index (χ4v) is 2.65. The van der Waals surface area contributed by atoms with Gasteiger partial charge >= 0.3 is 6.18 Å². The Morgan fingerprint density at radius 1 is 1.31 bits per heavy atom. The highest BCUT2D eigenvalue weighted by Gasteiger charge is 2.35. The number of hydrogen-bond donors (Lipinski definition) is 1. The fourth-order valence-electron chi connectivity index (χ4n) is 1.13. The molecule has 0 unspecified atom stereocenters. The predicted molar refractivity (Wildman–Crippen MR) is 55.6 cm³/mol. The molecule has 0 aromatic carbocycles. The molecule has 4 nitrogen and oxygen atoms in total. The van der Waals surface area contributed by atoms with Crippen LogP contribution in [0.4, 0.5) is 13.2 Å². The highest BCUT2D eigenvalue weighted by Crippen LogP contribution is 2.18. The summed E-state index contributed by atoms with van der Waals surface area (Å²) in [6, 6.07) is 0. The lowest BCUT2D eigenvalue weighted by atomic mass is 10.5. The van der Waals surface area contributed by atoms with Crippen LogP contribution in [0, 0.1) is 0 Å². The first-order chi connectivity index (χ1) is 7.23. The summed E-state index contributed by atoms with van der Waals surface area (Å²) in [4.78, 5) is 0. The molecular formula is C8H17F3N2O2S. The number of rotatable bonds is 7. The van der Waals surface area contributed by atoms with Crippen LogP contribution in [0.15, 0.2) is 0 Å². The number of nitrogens with one attached hydrogen (secondary N) is 1. The van der Waals surface area contributed by atoms with Crippen molar-refractivity contribution in [3.63, 3.8) is 0 Å². The van der Waals surface area contributed by atoms with Gasteiger partial charge in [-0.2, -0.15) is 17.5 Å². The van der Waals surface area contributed by atoms with Crippen LogP contribution in [0.2, 0.25) is 0 Å². The smallest absolute Gasteiger partial charge is 0.319 e. The Morgan fingerprint density at radius 2 is 1.88 bits per heavy atom. The van der Waals surface area contributed by atoms with Crippen LogP contribution in [-0.2, 0) is 10.0 Å². The zero-order valence-electron chi connectivity index (χ0n) is 9.34. The first-order valence-electron chi connectivity index (χ1n) is 4.92. The average molecular weight is 262 g/mol. The molecule has 0 bridgehead atoms. The van der Waals surface area contributed by atoms with Crippen LogP contribution >= 0.6 is 0 Å². The Bertz CT molecular complexity index is 290. The van der Waals surface area contributed by atoms with Crippen LogP contribution < -0.4 is 5.32 Å². The Hall–Kier alpha value is -0.340. The third-order valence-electron chi connectivity index (χ3n) is 1.83. The zero-order valence-corrected chi connectivity index (χ0v) is 10.2. The van der Waals surface area contributed by atoms with Gasteiger partial charge in [0.25, 0.3) is 0 Å². The average Bonchev–Trinajstić information content (AvgIpc) is 2.12. The van der Waals surface area contributed by atoms with Crippen molar-refractivity contribution in [3.05, 3.63) is 0 Å². The molecule has 0 fully saturated rings. The monoisotopic (exact) mass is 262 g/mol. The standard InChI is InChI=1S/C8H17F3N2O2S/c1-3-5-13(7-8(9,10)11)16(14,15)6-4-12-2/h12H,3-7H2,1-2H3. The molecule has 0 aliphatic carbocycles. The second-order valence-electron chi connectivity index (χ2n) is 3.37. The summed E-state index contributed by atoms with van der Waals surface area (Å²) >= 11 is 0. The van der Waals surface area contributed by atoms with Crippen LogP contribution in [-0.4, -0.2) is 51.3 Å². The van der Waals surface area contributed by atoms with Crippen LogP contribution in [0.25, 0.3) is 0 Å². The number of nitrogens with zero attached hydrogens (tertiary/aromatic N) is 1. The second kappa shape index (κ2) is 6.41. The number of sulfonamides is 1. The van der Waals surface area contributed by atoms with E-state index in [2.05, 4.69) is 5.32 Å². The van der Waals surface area contributed by atoms with Gasteiger partial charge in [0.1, 0.15) is 6.54 Å². The second-order valence-corrected chi connectivity index (χ2v) is 5.46. The van der Waals surface area contributed by atoms with Crippen molar-refractivity contribution < 1.29 is 21.6 Å². The van der Waals surface area contributed by atoms with Crippen LogP contribution in [0.5, 0.6) is 0 Å². The number of halogens is 3. The predicted octanol–water partition coefficient (Wildman–Crippen LogP) is 0.810. The first-order valence-corrected chi connectivity index (χ1v) is 6.53. The third kappa shape index (κ3) is 6.29. The molecule has 0 radical (unpaired) electrons. The third-order valence-corrected chi connectivity index (χ3v) is 3.65. The summed E-state index contributed by atoms with van der Waals surface area (Å²) in [6.07, 6.45) is -4.14. The first kappa shape index (κ1) is 15.7. The van der Waals surface area contributed by atoms with Crippen molar-refractivity contribution in [2.75, 3.05) is 32.4 Å². The van der Waals surface area contributed by atoms with Crippen molar-refractivity contribution in [1.29, 1.82) is 0 Å². The van der Waals surface area contributed by atoms with E-state index in [4.69, 9.17) is 0 Å². The quantitative estimate of drug-likeness (QED) is 0.738. The SMILES string of the molecule is CCCN(CC(F)(F)F)S(=O)(=O)CCNC. The maximum atomic E-state index is 12.2. The minimum absolute atomic E-state index is 0.106. The summed E-state index contributed by atoms with van der Waals surface area (Å²) in [5.41, 5.74) is 0. The molecule has 98 valence electrons. The van der Waals surface area contributed by atoms with Gasteiger partial charge < -0.3 is 5.32 Å². The van der Waals surface area contributed by atoms with Gasteiger partial charge in [0.05, 0.1) is 5.75 Å². The highest BCUT2D eigenvalue weighted by atomic mass is 32.2. The van der Waals surface area contributed by atoms with E-state index in [1.807, 2.05) is 0 Å². The highest BCUT2D eigenvalue weighted by molar-refractivity contribution is 7.89. The minimum Gasteiger partial charge on any atom is -0.319 e. The van der Waals surface area contributed by atoms with E-state index in [1.54, 1.807) is 14.0 Å². The lowest BCUT2D eigenvalue weighted by molar-refractivity contribution is -0.136. The van der Waals surface area contributed by atoms with Gasteiger partial charge in [-0.3, -0.25) is 0 Å². The van der Waals surface area contributed by atoms with Crippen LogP contribution in [0.3, 0.4) is 0 Å². The van der Waals surface area contributed by atoms with E-state index < -0.39 is 22.7 Å². The van der Waals surface area contributed by atoms with Crippen molar-refractivity contribution in [1.82, 2.24) is 9.62 Å². The van der Waals surface area contributed by atoms with Crippen molar-refractivity contribution in [2.24, 2.45) is 0 Å². The van der Waals surface area contributed by atoms with Gasteiger partial charge in [-0.1, -0.05) is 6.92 Å². The Kier molecular flexibility index (Phi) is 6.27. The van der Waals surface area contributed by atoms with Gasteiger partial charge in [-0.05, 0) is 13.5 Å². The zero-order chi connectivity index (χ0) is 12.8. The van der Waals surface area contributed by atoms with Gasteiger partial charge in [0.2, 0.25) is 10.0 Å². The molecule has 1 N–H and O–H groups in total. The molecule has 0 spiro atoms. The lowest BCUT2D eigenvalue weighted by Gasteiger charge is -2.22. The fraction of sp³-hybridized carbons (Fsp3) is 1.00. The van der Waals surface area contributed by atoms with Crippen molar-refractivity contribution in [2.45, 2.75) is 19.5 Å². The number of alkyl halides is 3. The molecule has 0 atom stereocenters. The molecule has 16 heavy (non-hydrogen) atoms. The molecule has 0 aromatic heterocycles. The van der Waals surface area contributed by atoms with Gasteiger partial charge in [-0.25, -0.2) is 8.42 Å². The molecule has 0 saturated carbocycles.